The average Bonchev–Trinajstić information content (AvgIpc) is 2.45. The first-order valence-corrected chi connectivity index (χ1v) is 7.09. The van der Waals surface area contributed by atoms with Crippen molar-refractivity contribution in [3.8, 4) is 0 Å². The molecule has 1 aromatic heterocycles. The van der Waals surface area contributed by atoms with Crippen LogP contribution in [0, 0.1) is 5.92 Å². The average molecular weight is 291 g/mol. The van der Waals surface area contributed by atoms with Crippen LogP contribution in [0.5, 0.6) is 0 Å². The van der Waals surface area contributed by atoms with Gasteiger partial charge in [-0.1, -0.05) is 6.92 Å². The Morgan fingerprint density at radius 2 is 2.14 bits per heavy atom. The molecule has 1 aliphatic heterocycles. The SMILES string of the molecule is CC1CCCN(c2ccnc(C(=O)N(C)C)c2)C1C(=O)O. The molecule has 2 unspecified atom stereocenters. The molecular formula is C15H21N3O3. The van der Waals surface area contributed by atoms with Gasteiger partial charge >= 0.3 is 5.97 Å². The lowest BCUT2D eigenvalue weighted by molar-refractivity contribution is -0.140. The highest BCUT2D eigenvalue weighted by molar-refractivity contribution is 5.93. The van der Waals surface area contributed by atoms with Gasteiger partial charge in [0.1, 0.15) is 11.7 Å². The second-order valence-corrected chi connectivity index (χ2v) is 5.69. The molecule has 1 aliphatic rings. The van der Waals surface area contributed by atoms with E-state index >= 15 is 0 Å². The number of aliphatic carboxylic acids is 1. The van der Waals surface area contributed by atoms with Crippen molar-refractivity contribution in [2.75, 3.05) is 25.5 Å². The van der Waals surface area contributed by atoms with Crippen LogP contribution >= 0.6 is 0 Å². The summed E-state index contributed by atoms with van der Waals surface area (Å²) in [5.41, 5.74) is 1.08. The number of hydrogen-bond donors (Lipinski definition) is 1. The van der Waals surface area contributed by atoms with E-state index in [1.807, 2.05) is 11.8 Å². The van der Waals surface area contributed by atoms with Gasteiger partial charge in [0.15, 0.2) is 0 Å². The van der Waals surface area contributed by atoms with Crippen LogP contribution < -0.4 is 4.90 Å². The summed E-state index contributed by atoms with van der Waals surface area (Å²) in [6.07, 6.45) is 3.41. The molecule has 1 fully saturated rings. The monoisotopic (exact) mass is 291 g/mol. The van der Waals surface area contributed by atoms with E-state index in [1.165, 1.54) is 4.90 Å². The van der Waals surface area contributed by atoms with Crippen molar-refractivity contribution in [1.82, 2.24) is 9.88 Å². The summed E-state index contributed by atoms with van der Waals surface area (Å²) in [6.45, 7) is 2.64. The van der Waals surface area contributed by atoms with Gasteiger partial charge in [-0.25, -0.2) is 4.79 Å². The molecule has 0 aromatic carbocycles. The van der Waals surface area contributed by atoms with Crippen LogP contribution in [0.3, 0.4) is 0 Å². The Kier molecular flexibility index (Phi) is 4.45. The molecule has 0 bridgehead atoms. The van der Waals surface area contributed by atoms with Crippen molar-refractivity contribution < 1.29 is 14.7 Å². The molecule has 2 heterocycles. The highest BCUT2D eigenvalue weighted by Gasteiger charge is 2.34. The third-order valence-corrected chi connectivity index (χ3v) is 3.89. The predicted molar refractivity (Wildman–Crippen MR) is 79.4 cm³/mol. The standard InChI is InChI=1S/C15H21N3O3/c1-10-5-4-8-18(13(10)15(20)21)11-6-7-16-12(9-11)14(19)17(2)3/h6-7,9-10,13H,4-5,8H2,1-3H3,(H,20,21). The molecule has 0 spiro atoms. The van der Waals surface area contributed by atoms with Crippen LogP contribution in [-0.2, 0) is 4.79 Å². The maximum absolute atomic E-state index is 12.0. The molecule has 114 valence electrons. The lowest BCUT2D eigenvalue weighted by atomic mass is 9.90. The first-order chi connectivity index (χ1) is 9.91. The third kappa shape index (κ3) is 3.15. The van der Waals surface area contributed by atoms with Crippen molar-refractivity contribution in [2.45, 2.75) is 25.8 Å². The number of nitrogens with zero attached hydrogens (tertiary/aromatic N) is 3. The van der Waals surface area contributed by atoms with Gasteiger partial charge < -0.3 is 14.9 Å². The minimum Gasteiger partial charge on any atom is -0.480 e. The van der Waals surface area contributed by atoms with Crippen LogP contribution in [0.1, 0.15) is 30.3 Å². The highest BCUT2D eigenvalue weighted by Crippen LogP contribution is 2.29. The van der Waals surface area contributed by atoms with Gasteiger partial charge in [-0.3, -0.25) is 9.78 Å². The number of amides is 1. The number of hydrogen-bond acceptors (Lipinski definition) is 4. The largest absolute Gasteiger partial charge is 0.480 e. The van der Waals surface area contributed by atoms with Crippen molar-refractivity contribution in [3.63, 3.8) is 0 Å². The molecule has 0 radical (unpaired) electrons. The summed E-state index contributed by atoms with van der Waals surface area (Å²) in [4.78, 5) is 30.9. The summed E-state index contributed by atoms with van der Waals surface area (Å²) in [5, 5.41) is 9.47. The molecule has 0 saturated carbocycles. The lowest BCUT2D eigenvalue weighted by Crippen LogP contribution is -2.49. The van der Waals surface area contributed by atoms with Crippen molar-refractivity contribution in [3.05, 3.63) is 24.0 Å². The molecule has 6 nitrogen and oxygen atoms in total. The molecule has 1 amide bonds. The smallest absolute Gasteiger partial charge is 0.326 e. The summed E-state index contributed by atoms with van der Waals surface area (Å²) in [6, 6.07) is 2.89. The van der Waals surface area contributed by atoms with Gasteiger partial charge in [-0.2, -0.15) is 0 Å². The van der Waals surface area contributed by atoms with E-state index in [-0.39, 0.29) is 11.8 Å². The Balaban J connectivity index is 2.33. The zero-order valence-corrected chi connectivity index (χ0v) is 12.6. The first-order valence-electron chi connectivity index (χ1n) is 7.09. The maximum atomic E-state index is 12.0. The van der Waals surface area contributed by atoms with Crippen LogP contribution in [0.15, 0.2) is 18.3 Å². The number of carbonyl (C=O) groups excluding carboxylic acids is 1. The fourth-order valence-corrected chi connectivity index (χ4v) is 2.80. The van der Waals surface area contributed by atoms with Gasteiger partial charge in [0.05, 0.1) is 0 Å². The zero-order chi connectivity index (χ0) is 15.6. The number of piperidine rings is 1. The number of rotatable bonds is 3. The van der Waals surface area contributed by atoms with E-state index in [0.29, 0.717) is 12.2 Å². The Hall–Kier alpha value is -2.11. The third-order valence-electron chi connectivity index (χ3n) is 3.89. The summed E-state index contributed by atoms with van der Waals surface area (Å²) >= 11 is 0. The minimum atomic E-state index is -0.820. The predicted octanol–water partition coefficient (Wildman–Crippen LogP) is 1.47. The molecule has 1 N–H and O–H groups in total. The van der Waals surface area contributed by atoms with E-state index in [9.17, 15) is 14.7 Å². The minimum absolute atomic E-state index is 0.0809. The number of pyridine rings is 1. The first kappa shape index (κ1) is 15.3. The fourth-order valence-electron chi connectivity index (χ4n) is 2.80. The van der Waals surface area contributed by atoms with E-state index in [0.717, 1.165) is 18.5 Å². The van der Waals surface area contributed by atoms with Gasteiger partial charge in [0.2, 0.25) is 0 Å². The Bertz CT molecular complexity index is 545. The fraction of sp³-hybridized carbons (Fsp3) is 0.533. The molecule has 1 saturated heterocycles. The Morgan fingerprint density at radius 3 is 2.76 bits per heavy atom. The number of anilines is 1. The number of carbonyl (C=O) groups is 2. The van der Waals surface area contributed by atoms with Crippen LogP contribution in [0.25, 0.3) is 0 Å². The van der Waals surface area contributed by atoms with Crippen LogP contribution in [-0.4, -0.2) is 53.5 Å². The van der Waals surface area contributed by atoms with E-state index in [1.54, 1.807) is 32.4 Å². The van der Waals surface area contributed by atoms with E-state index < -0.39 is 12.0 Å². The lowest BCUT2D eigenvalue weighted by Gasteiger charge is -2.39. The van der Waals surface area contributed by atoms with Gasteiger partial charge in [-0.05, 0) is 30.9 Å². The van der Waals surface area contributed by atoms with Gasteiger partial charge in [0, 0.05) is 32.5 Å². The zero-order valence-electron chi connectivity index (χ0n) is 12.6. The summed E-state index contributed by atoms with van der Waals surface area (Å²) < 4.78 is 0. The van der Waals surface area contributed by atoms with Gasteiger partial charge in [0.25, 0.3) is 5.91 Å². The topological polar surface area (TPSA) is 73.7 Å². The quantitative estimate of drug-likeness (QED) is 0.913. The van der Waals surface area contributed by atoms with Crippen LogP contribution in [0.4, 0.5) is 5.69 Å². The number of aromatic nitrogens is 1. The summed E-state index contributed by atoms with van der Waals surface area (Å²) in [5.74, 6) is -0.925. The van der Waals surface area contributed by atoms with Crippen molar-refractivity contribution >= 4 is 17.6 Å². The summed E-state index contributed by atoms with van der Waals surface area (Å²) in [7, 11) is 3.33. The van der Waals surface area contributed by atoms with E-state index in [2.05, 4.69) is 4.98 Å². The maximum Gasteiger partial charge on any atom is 0.326 e. The molecule has 6 heteroatoms. The number of carboxylic acids is 1. The molecule has 2 rings (SSSR count). The molecule has 1 aromatic rings. The highest BCUT2D eigenvalue weighted by atomic mass is 16.4. The Labute approximate surface area is 124 Å². The molecule has 21 heavy (non-hydrogen) atoms. The molecule has 0 aliphatic carbocycles. The second-order valence-electron chi connectivity index (χ2n) is 5.69. The molecule has 2 atom stereocenters. The molecular weight excluding hydrogens is 270 g/mol. The second kappa shape index (κ2) is 6.11. The van der Waals surface area contributed by atoms with Crippen molar-refractivity contribution in [2.24, 2.45) is 5.92 Å². The van der Waals surface area contributed by atoms with Crippen LogP contribution in [0.2, 0.25) is 0 Å². The van der Waals surface area contributed by atoms with Crippen molar-refractivity contribution in [1.29, 1.82) is 0 Å². The normalized spacial score (nSPS) is 22.0. The number of carboxylic acid groups (broad SMARTS) is 1. The Morgan fingerprint density at radius 1 is 1.43 bits per heavy atom. The van der Waals surface area contributed by atoms with E-state index in [4.69, 9.17) is 0 Å². The van der Waals surface area contributed by atoms with Gasteiger partial charge in [-0.15, -0.1) is 0 Å².